The smallest absolute Gasteiger partial charge is 0.259 e. The number of nitrogens with one attached hydrogen (secondary N) is 2. The number of carbonyl (C=O) groups excluding carboxylic acids is 1. The van der Waals surface area contributed by atoms with E-state index in [1.54, 1.807) is 13.2 Å². The quantitative estimate of drug-likeness (QED) is 0.879. The fourth-order valence-corrected chi connectivity index (χ4v) is 2.98. The molecule has 0 bridgehead atoms. The fraction of sp³-hybridized carbons (Fsp3) is 0.250. The van der Waals surface area contributed by atoms with Crippen LogP contribution in [0.15, 0.2) is 28.9 Å². The highest BCUT2D eigenvalue weighted by molar-refractivity contribution is 9.10. The molecule has 110 valence electrons. The molecule has 0 aliphatic heterocycles. The summed E-state index contributed by atoms with van der Waals surface area (Å²) in [5.74, 6) is -0.181. The van der Waals surface area contributed by atoms with Crippen LogP contribution in [0.25, 0.3) is 0 Å². The number of anilines is 2. The molecular weight excluding hydrogens is 330 g/mol. The Bertz CT molecular complexity index is 675. The fourth-order valence-electron chi connectivity index (χ4n) is 2.20. The lowest BCUT2D eigenvalue weighted by Crippen LogP contribution is -2.16. The maximum absolute atomic E-state index is 12.5. The lowest BCUT2D eigenvalue weighted by molar-refractivity contribution is 0.102. The van der Waals surface area contributed by atoms with Gasteiger partial charge in [0, 0.05) is 23.4 Å². The second kappa shape index (κ2) is 6.26. The molecule has 2 N–H and O–H groups in total. The molecule has 0 spiro atoms. The molecule has 0 aliphatic carbocycles. The van der Waals surface area contributed by atoms with E-state index in [9.17, 15) is 4.79 Å². The summed E-state index contributed by atoms with van der Waals surface area (Å²) in [7, 11) is 1.79. The monoisotopic (exact) mass is 347 g/mol. The molecule has 0 fully saturated rings. The first kappa shape index (κ1) is 15.5. The Morgan fingerprint density at radius 3 is 2.52 bits per heavy atom. The summed E-state index contributed by atoms with van der Waals surface area (Å²) in [4.78, 5) is 16.7. The molecule has 5 heteroatoms. The van der Waals surface area contributed by atoms with E-state index in [0.29, 0.717) is 5.56 Å². The van der Waals surface area contributed by atoms with E-state index in [1.165, 1.54) is 0 Å². The number of aryl methyl sites for hydroxylation is 3. The normalized spacial score (nSPS) is 10.3. The van der Waals surface area contributed by atoms with Gasteiger partial charge in [-0.1, -0.05) is 6.07 Å². The van der Waals surface area contributed by atoms with E-state index in [4.69, 9.17) is 0 Å². The van der Waals surface area contributed by atoms with Crippen LogP contribution in [0.1, 0.15) is 27.2 Å². The number of aromatic nitrogens is 1. The van der Waals surface area contributed by atoms with Crippen LogP contribution < -0.4 is 10.6 Å². The molecule has 0 saturated heterocycles. The van der Waals surface area contributed by atoms with Crippen molar-refractivity contribution in [2.75, 3.05) is 17.7 Å². The topological polar surface area (TPSA) is 54.0 Å². The van der Waals surface area contributed by atoms with Gasteiger partial charge < -0.3 is 10.6 Å². The van der Waals surface area contributed by atoms with Gasteiger partial charge in [-0.3, -0.25) is 9.78 Å². The van der Waals surface area contributed by atoms with Gasteiger partial charge in [0.2, 0.25) is 0 Å². The van der Waals surface area contributed by atoms with Gasteiger partial charge in [0.1, 0.15) is 0 Å². The van der Waals surface area contributed by atoms with Gasteiger partial charge in [0.25, 0.3) is 5.91 Å². The molecule has 1 aromatic carbocycles. The highest BCUT2D eigenvalue weighted by Gasteiger charge is 2.14. The van der Waals surface area contributed by atoms with Gasteiger partial charge in [0.05, 0.1) is 16.9 Å². The first-order valence-corrected chi connectivity index (χ1v) is 7.44. The van der Waals surface area contributed by atoms with E-state index in [2.05, 4.69) is 31.5 Å². The van der Waals surface area contributed by atoms with E-state index in [-0.39, 0.29) is 5.91 Å². The van der Waals surface area contributed by atoms with Crippen LogP contribution in [0.5, 0.6) is 0 Å². The molecule has 0 aliphatic rings. The Hall–Kier alpha value is -1.88. The molecule has 0 saturated carbocycles. The Morgan fingerprint density at radius 2 is 1.90 bits per heavy atom. The van der Waals surface area contributed by atoms with Gasteiger partial charge in [-0.25, -0.2) is 0 Å². The van der Waals surface area contributed by atoms with Crippen molar-refractivity contribution in [3.63, 3.8) is 0 Å². The molecule has 2 aromatic rings. The minimum Gasteiger partial charge on any atom is -0.387 e. The third-order valence-electron chi connectivity index (χ3n) is 3.22. The zero-order valence-electron chi connectivity index (χ0n) is 12.5. The third kappa shape index (κ3) is 3.42. The third-order valence-corrected chi connectivity index (χ3v) is 3.85. The first-order valence-electron chi connectivity index (χ1n) is 6.65. The molecule has 1 amide bonds. The average molecular weight is 348 g/mol. The molecule has 21 heavy (non-hydrogen) atoms. The van der Waals surface area contributed by atoms with E-state index in [1.807, 2.05) is 39.0 Å². The van der Waals surface area contributed by atoms with Gasteiger partial charge in [-0.2, -0.15) is 0 Å². The number of halogens is 1. The SMILES string of the molecule is CNc1cc(C)ncc1C(=O)Nc1c(C)cc(C)cc1Br. The highest BCUT2D eigenvalue weighted by atomic mass is 79.9. The van der Waals surface area contributed by atoms with Gasteiger partial charge in [-0.15, -0.1) is 0 Å². The van der Waals surface area contributed by atoms with Gasteiger partial charge in [0.15, 0.2) is 0 Å². The molecule has 0 atom stereocenters. The Balaban J connectivity index is 2.35. The van der Waals surface area contributed by atoms with Crippen LogP contribution in [-0.4, -0.2) is 17.9 Å². The van der Waals surface area contributed by atoms with Crippen LogP contribution in [0.3, 0.4) is 0 Å². The number of benzene rings is 1. The van der Waals surface area contributed by atoms with Crippen LogP contribution in [0.2, 0.25) is 0 Å². The number of hydrogen-bond donors (Lipinski definition) is 2. The van der Waals surface area contributed by atoms with Crippen molar-refractivity contribution in [2.24, 2.45) is 0 Å². The lowest BCUT2D eigenvalue weighted by atomic mass is 10.1. The average Bonchev–Trinajstić information content (AvgIpc) is 2.42. The maximum Gasteiger partial charge on any atom is 0.259 e. The summed E-state index contributed by atoms with van der Waals surface area (Å²) in [6, 6.07) is 5.87. The second-order valence-corrected chi connectivity index (χ2v) is 5.87. The Kier molecular flexibility index (Phi) is 4.63. The first-order chi connectivity index (χ1) is 9.92. The number of pyridine rings is 1. The van der Waals surface area contributed by atoms with Crippen molar-refractivity contribution in [1.29, 1.82) is 0 Å². The summed E-state index contributed by atoms with van der Waals surface area (Å²) in [6.45, 7) is 5.88. The maximum atomic E-state index is 12.5. The molecule has 1 heterocycles. The minimum absolute atomic E-state index is 0.181. The van der Waals surface area contributed by atoms with Crippen LogP contribution in [0.4, 0.5) is 11.4 Å². The Morgan fingerprint density at radius 1 is 1.19 bits per heavy atom. The van der Waals surface area contributed by atoms with Crippen LogP contribution in [0, 0.1) is 20.8 Å². The predicted octanol–water partition coefficient (Wildman–Crippen LogP) is 4.06. The molecule has 1 aromatic heterocycles. The molecule has 0 unspecified atom stereocenters. The highest BCUT2D eigenvalue weighted by Crippen LogP contribution is 2.28. The largest absolute Gasteiger partial charge is 0.387 e. The molecular formula is C16H18BrN3O. The summed E-state index contributed by atoms with van der Waals surface area (Å²) < 4.78 is 0.874. The minimum atomic E-state index is -0.181. The van der Waals surface area contributed by atoms with Crippen molar-refractivity contribution in [3.8, 4) is 0 Å². The number of carbonyl (C=O) groups is 1. The molecule has 0 radical (unpaired) electrons. The van der Waals surface area contributed by atoms with Crippen molar-refractivity contribution in [1.82, 2.24) is 4.98 Å². The van der Waals surface area contributed by atoms with Crippen molar-refractivity contribution in [2.45, 2.75) is 20.8 Å². The molecule has 2 rings (SSSR count). The van der Waals surface area contributed by atoms with E-state index in [0.717, 1.165) is 32.7 Å². The summed E-state index contributed by atoms with van der Waals surface area (Å²) in [5, 5.41) is 5.98. The van der Waals surface area contributed by atoms with E-state index < -0.39 is 0 Å². The lowest BCUT2D eigenvalue weighted by Gasteiger charge is -2.14. The van der Waals surface area contributed by atoms with Crippen molar-refractivity contribution >= 4 is 33.2 Å². The van der Waals surface area contributed by atoms with E-state index >= 15 is 0 Å². The molecule has 4 nitrogen and oxygen atoms in total. The number of amides is 1. The Labute approximate surface area is 133 Å². The number of rotatable bonds is 3. The second-order valence-electron chi connectivity index (χ2n) is 5.01. The van der Waals surface area contributed by atoms with Crippen LogP contribution in [-0.2, 0) is 0 Å². The van der Waals surface area contributed by atoms with Crippen molar-refractivity contribution in [3.05, 3.63) is 51.3 Å². The van der Waals surface area contributed by atoms with Crippen LogP contribution >= 0.6 is 15.9 Å². The zero-order chi connectivity index (χ0) is 15.6. The summed E-state index contributed by atoms with van der Waals surface area (Å²) >= 11 is 3.50. The standard InChI is InChI=1S/C16H18BrN3O/c1-9-5-10(2)15(13(17)6-9)20-16(21)12-8-19-11(3)7-14(12)18-4/h5-8H,1-4H3,(H,18,19)(H,20,21). The predicted molar refractivity (Wildman–Crippen MR) is 90.1 cm³/mol. The van der Waals surface area contributed by atoms with Crippen molar-refractivity contribution < 1.29 is 4.79 Å². The van der Waals surface area contributed by atoms with Gasteiger partial charge in [-0.05, 0) is 60.0 Å². The number of hydrogen-bond acceptors (Lipinski definition) is 3. The zero-order valence-corrected chi connectivity index (χ0v) is 14.1. The summed E-state index contributed by atoms with van der Waals surface area (Å²) in [6.07, 6.45) is 1.59. The summed E-state index contributed by atoms with van der Waals surface area (Å²) in [5.41, 5.74) is 5.10. The van der Waals surface area contributed by atoms with Gasteiger partial charge >= 0.3 is 0 Å². The number of nitrogens with zero attached hydrogens (tertiary/aromatic N) is 1.